The standard InChI is InChI=1S/C19H21N5O2/c1-23(2)18-12-15(6-7-21-18)19(25)22-16-4-3-5-17(13-16)26-11-10-24-9-8-20-14-24/h3-9,12-14H,10-11H2,1-2H3,(H,22,25). The van der Waals surface area contributed by atoms with Crippen LogP contribution in [0.15, 0.2) is 61.3 Å². The van der Waals surface area contributed by atoms with E-state index in [1.54, 1.807) is 36.9 Å². The highest BCUT2D eigenvalue weighted by molar-refractivity contribution is 6.04. The number of nitrogens with one attached hydrogen (secondary N) is 1. The van der Waals surface area contributed by atoms with Crippen molar-refractivity contribution in [2.45, 2.75) is 6.54 Å². The Bertz CT molecular complexity index is 862. The normalized spacial score (nSPS) is 10.4. The third-order valence-corrected chi connectivity index (χ3v) is 3.74. The molecule has 0 fully saturated rings. The lowest BCUT2D eigenvalue weighted by Crippen LogP contribution is -2.15. The fourth-order valence-electron chi connectivity index (χ4n) is 2.36. The number of benzene rings is 1. The average molecular weight is 351 g/mol. The van der Waals surface area contributed by atoms with Crippen molar-refractivity contribution in [1.82, 2.24) is 14.5 Å². The van der Waals surface area contributed by atoms with E-state index >= 15 is 0 Å². The SMILES string of the molecule is CN(C)c1cc(C(=O)Nc2cccc(OCCn3ccnc3)c2)ccn1. The number of carbonyl (C=O) groups excluding carboxylic acids is 1. The van der Waals surface area contributed by atoms with E-state index < -0.39 is 0 Å². The third-order valence-electron chi connectivity index (χ3n) is 3.74. The second-order valence-electron chi connectivity index (χ2n) is 5.93. The highest BCUT2D eigenvalue weighted by atomic mass is 16.5. The van der Waals surface area contributed by atoms with Gasteiger partial charge in [-0.1, -0.05) is 6.07 Å². The Balaban J connectivity index is 1.61. The van der Waals surface area contributed by atoms with Gasteiger partial charge in [0.1, 0.15) is 18.2 Å². The van der Waals surface area contributed by atoms with Gasteiger partial charge in [-0.15, -0.1) is 0 Å². The molecule has 0 radical (unpaired) electrons. The number of anilines is 2. The Morgan fingerprint density at radius 2 is 2.12 bits per heavy atom. The monoisotopic (exact) mass is 351 g/mol. The quantitative estimate of drug-likeness (QED) is 0.708. The van der Waals surface area contributed by atoms with E-state index in [0.717, 1.165) is 5.82 Å². The molecule has 0 aliphatic carbocycles. The molecule has 7 heteroatoms. The molecule has 0 aliphatic heterocycles. The Kier molecular flexibility index (Phi) is 5.48. The molecule has 0 spiro atoms. The maximum absolute atomic E-state index is 12.5. The highest BCUT2D eigenvalue weighted by Gasteiger charge is 2.09. The number of imidazole rings is 1. The van der Waals surface area contributed by atoms with Crippen LogP contribution in [-0.2, 0) is 6.54 Å². The second-order valence-corrected chi connectivity index (χ2v) is 5.93. The van der Waals surface area contributed by atoms with Gasteiger partial charge in [-0.3, -0.25) is 4.79 Å². The van der Waals surface area contributed by atoms with E-state index in [9.17, 15) is 4.79 Å². The van der Waals surface area contributed by atoms with Crippen LogP contribution in [0.3, 0.4) is 0 Å². The summed E-state index contributed by atoms with van der Waals surface area (Å²) in [5.41, 5.74) is 1.23. The number of nitrogens with zero attached hydrogens (tertiary/aromatic N) is 4. The van der Waals surface area contributed by atoms with Gasteiger partial charge in [-0.2, -0.15) is 0 Å². The number of pyridine rings is 1. The zero-order chi connectivity index (χ0) is 18.4. The summed E-state index contributed by atoms with van der Waals surface area (Å²) < 4.78 is 7.68. The van der Waals surface area contributed by atoms with Crippen LogP contribution in [-0.4, -0.2) is 41.1 Å². The number of ether oxygens (including phenoxy) is 1. The minimum atomic E-state index is -0.189. The van der Waals surface area contributed by atoms with Gasteiger partial charge in [0.2, 0.25) is 0 Å². The first-order valence-electron chi connectivity index (χ1n) is 8.25. The Hall–Kier alpha value is -3.35. The van der Waals surface area contributed by atoms with Gasteiger partial charge in [-0.05, 0) is 24.3 Å². The number of hydrogen-bond donors (Lipinski definition) is 1. The number of aromatic nitrogens is 3. The first-order valence-corrected chi connectivity index (χ1v) is 8.25. The molecule has 0 atom stereocenters. The maximum atomic E-state index is 12.5. The molecule has 0 saturated carbocycles. The molecule has 0 aliphatic rings. The zero-order valence-electron chi connectivity index (χ0n) is 14.8. The molecular weight excluding hydrogens is 330 g/mol. The van der Waals surface area contributed by atoms with Crippen LogP contribution in [0.1, 0.15) is 10.4 Å². The molecule has 26 heavy (non-hydrogen) atoms. The van der Waals surface area contributed by atoms with Crippen molar-refractivity contribution in [2.24, 2.45) is 0 Å². The predicted molar refractivity (Wildman–Crippen MR) is 101 cm³/mol. The first kappa shape index (κ1) is 17.5. The van der Waals surface area contributed by atoms with Crippen LogP contribution >= 0.6 is 0 Å². The molecule has 1 amide bonds. The van der Waals surface area contributed by atoms with Crippen molar-refractivity contribution >= 4 is 17.4 Å². The van der Waals surface area contributed by atoms with Gasteiger partial charge >= 0.3 is 0 Å². The molecule has 0 unspecified atom stereocenters. The van der Waals surface area contributed by atoms with E-state index in [4.69, 9.17) is 4.74 Å². The van der Waals surface area contributed by atoms with E-state index in [1.165, 1.54) is 0 Å². The van der Waals surface area contributed by atoms with E-state index in [2.05, 4.69) is 15.3 Å². The smallest absolute Gasteiger partial charge is 0.255 e. The topological polar surface area (TPSA) is 72.3 Å². The lowest BCUT2D eigenvalue weighted by Gasteiger charge is -2.12. The molecule has 1 aromatic carbocycles. The highest BCUT2D eigenvalue weighted by Crippen LogP contribution is 2.19. The van der Waals surface area contributed by atoms with Crippen molar-refractivity contribution < 1.29 is 9.53 Å². The van der Waals surface area contributed by atoms with Crippen LogP contribution in [0.25, 0.3) is 0 Å². The second kappa shape index (κ2) is 8.15. The summed E-state index contributed by atoms with van der Waals surface area (Å²) >= 11 is 0. The average Bonchev–Trinajstić information content (AvgIpc) is 3.15. The number of rotatable bonds is 7. The van der Waals surface area contributed by atoms with Crippen molar-refractivity contribution in [3.05, 3.63) is 66.9 Å². The lowest BCUT2D eigenvalue weighted by molar-refractivity contribution is 0.102. The van der Waals surface area contributed by atoms with Gasteiger partial charge in [-0.25, -0.2) is 9.97 Å². The number of carbonyl (C=O) groups is 1. The summed E-state index contributed by atoms with van der Waals surface area (Å²) in [5.74, 6) is 1.24. The van der Waals surface area contributed by atoms with Gasteiger partial charge < -0.3 is 19.5 Å². The summed E-state index contributed by atoms with van der Waals surface area (Å²) in [5, 5.41) is 2.89. The molecule has 0 bridgehead atoms. The van der Waals surface area contributed by atoms with E-state index in [1.807, 2.05) is 48.0 Å². The van der Waals surface area contributed by atoms with Crippen LogP contribution in [0.2, 0.25) is 0 Å². The molecule has 3 aromatic rings. The Morgan fingerprint density at radius 3 is 2.88 bits per heavy atom. The van der Waals surface area contributed by atoms with Gasteiger partial charge in [0.15, 0.2) is 0 Å². The molecule has 1 N–H and O–H groups in total. The van der Waals surface area contributed by atoms with Crippen molar-refractivity contribution in [2.75, 3.05) is 30.9 Å². The summed E-state index contributed by atoms with van der Waals surface area (Å²) in [6.07, 6.45) is 6.99. The number of amides is 1. The molecule has 7 nitrogen and oxygen atoms in total. The van der Waals surface area contributed by atoms with Crippen LogP contribution in [0, 0.1) is 0 Å². The molecule has 134 valence electrons. The van der Waals surface area contributed by atoms with Crippen molar-refractivity contribution in [1.29, 1.82) is 0 Å². The van der Waals surface area contributed by atoms with Crippen molar-refractivity contribution in [3.63, 3.8) is 0 Å². The number of hydrogen-bond acceptors (Lipinski definition) is 5. The molecule has 2 aromatic heterocycles. The first-order chi connectivity index (χ1) is 12.6. The minimum Gasteiger partial charge on any atom is -0.492 e. The van der Waals surface area contributed by atoms with Gasteiger partial charge in [0.25, 0.3) is 5.91 Å². The minimum absolute atomic E-state index is 0.189. The van der Waals surface area contributed by atoms with Crippen LogP contribution < -0.4 is 15.0 Å². The van der Waals surface area contributed by atoms with E-state index in [0.29, 0.717) is 30.2 Å². The molecular formula is C19H21N5O2. The van der Waals surface area contributed by atoms with E-state index in [-0.39, 0.29) is 5.91 Å². The summed E-state index contributed by atoms with van der Waals surface area (Å²) in [6, 6.07) is 10.8. The predicted octanol–water partition coefficient (Wildman–Crippen LogP) is 2.68. The fraction of sp³-hybridized carbons (Fsp3) is 0.211. The van der Waals surface area contributed by atoms with Crippen LogP contribution in [0.4, 0.5) is 11.5 Å². The Morgan fingerprint density at radius 1 is 1.23 bits per heavy atom. The lowest BCUT2D eigenvalue weighted by atomic mass is 10.2. The maximum Gasteiger partial charge on any atom is 0.255 e. The summed E-state index contributed by atoms with van der Waals surface area (Å²) in [6.45, 7) is 1.23. The fourth-order valence-corrected chi connectivity index (χ4v) is 2.36. The largest absolute Gasteiger partial charge is 0.492 e. The molecule has 2 heterocycles. The zero-order valence-corrected chi connectivity index (χ0v) is 14.8. The third kappa shape index (κ3) is 4.60. The van der Waals surface area contributed by atoms with Crippen LogP contribution in [0.5, 0.6) is 5.75 Å². The van der Waals surface area contributed by atoms with Crippen molar-refractivity contribution in [3.8, 4) is 5.75 Å². The Labute approximate surface area is 152 Å². The van der Waals surface area contributed by atoms with Gasteiger partial charge in [0, 0.05) is 50.0 Å². The summed E-state index contributed by atoms with van der Waals surface area (Å²) in [7, 11) is 3.77. The van der Waals surface area contributed by atoms with Gasteiger partial charge in [0.05, 0.1) is 12.9 Å². The molecule has 0 saturated heterocycles. The molecule has 3 rings (SSSR count). The summed E-state index contributed by atoms with van der Waals surface area (Å²) in [4.78, 5) is 22.5.